The van der Waals surface area contributed by atoms with Gasteiger partial charge in [0, 0.05) is 25.2 Å². The molecule has 5 nitrogen and oxygen atoms in total. The molecular formula is C14H22N4O. The molecular weight excluding hydrogens is 240 g/mol. The lowest BCUT2D eigenvalue weighted by atomic mass is 10.1. The number of likely N-dealkylation sites (N-methyl/N-ethyl adjacent to an activating group) is 1. The summed E-state index contributed by atoms with van der Waals surface area (Å²) in [4.78, 5) is 16.2. The lowest BCUT2D eigenvalue weighted by Gasteiger charge is -2.20. The molecule has 0 aliphatic carbocycles. The van der Waals surface area contributed by atoms with E-state index in [1.807, 2.05) is 24.3 Å². The van der Waals surface area contributed by atoms with Crippen LogP contribution >= 0.6 is 0 Å². The average molecular weight is 262 g/mol. The number of nitrogen functional groups attached to an aromatic ring is 1. The van der Waals surface area contributed by atoms with Gasteiger partial charge in [0.15, 0.2) is 0 Å². The highest BCUT2D eigenvalue weighted by Gasteiger charge is 2.12. The van der Waals surface area contributed by atoms with Crippen LogP contribution in [-0.4, -0.2) is 48.9 Å². The van der Waals surface area contributed by atoms with Crippen molar-refractivity contribution < 1.29 is 4.79 Å². The average Bonchev–Trinajstić information content (AvgIpc) is 2.64. The van der Waals surface area contributed by atoms with Gasteiger partial charge in [-0.1, -0.05) is 12.1 Å². The quantitative estimate of drug-likeness (QED) is 0.471. The SMILES string of the molecule is CN1CCCN(Cc2ccc(C(=O)NN)cc2)CC1. The van der Waals surface area contributed by atoms with Gasteiger partial charge in [-0.2, -0.15) is 0 Å². The minimum atomic E-state index is -0.247. The molecule has 1 saturated heterocycles. The van der Waals surface area contributed by atoms with Gasteiger partial charge in [0.2, 0.25) is 0 Å². The summed E-state index contributed by atoms with van der Waals surface area (Å²) in [7, 11) is 2.17. The van der Waals surface area contributed by atoms with E-state index in [4.69, 9.17) is 5.84 Å². The lowest BCUT2D eigenvalue weighted by Crippen LogP contribution is -2.30. The fraction of sp³-hybridized carbons (Fsp3) is 0.500. The maximum absolute atomic E-state index is 11.3. The van der Waals surface area contributed by atoms with Crippen LogP contribution in [0.3, 0.4) is 0 Å². The van der Waals surface area contributed by atoms with Gasteiger partial charge in [-0.3, -0.25) is 15.1 Å². The third-order valence-corrected chi connectivity index (χ3v) is 3.57. The van der Waals surface area contributed by atoms with Crippen LogP contribution in [0.4, 0.5) is 0 Å². The van der Waals surface area contributed by atoms with Crippen molar-refractivity contribution in [3.05, 3.63) is 35.4 Å². The highest BCUT2D eigenvalue weighted by molar-refractivity contribution is 5.93. The Bertz CT molecular complexity index is 418. The summed E-state index contributed by atoms with van der Waals surface area (Å²) in [6.45, 7) is 5.47. The van der Waals surface area contributed by atoms with Crippen LogP contribution in [0, 0.1) is 0 Å². The number of nitrogens with two attached hydrogens (primary N) is 1. The van der Waals surface area contributed by atoms with E-state index in [2.05, 4.69) is 22.3 Å². The molecule has 0 aromatic heterocycles. The number of carbonyl (C=O) groups excluding carboxylic acids is 1. The number of hydrogen-bond donors (Lipinski definition) is 2. The van der Waals surface area contributed by atoms with Crippen molar-refractivity contribution >= 4 is 5.91 Å². The van der Waals surface area contributed by atoms with Crippen LogP contribution in [0.15, 0.2) is 24.3 Å². The zero-order valence-electron chi connectivity index (χ0n) is 11.4. The molecule has 0 atom stereocenters. The van der Waals surface area contributed by atoms with Gasteiger partial charge in [-0.25, -0.2) is 5.84 Å². The lowest BCUT2D eigenvalue weighted by molar-refractivity contribution is 0.0953. The number of amides is 1. The van der Waals surface area contributed by atoms with Crippen molar-refractivity contribution in [2.45, 2.75) is 13.0 Å². The Morgan fingerprint density at radius 2 is 1.95 bits per heavy atom. The molecule has 104 valence electrons. The molecule has 1 aromatic rings. The number of rotatable bonds is 3. The Morgan fingerprint density at radius 1 is 1.21 bits per heavy atom. The summed E-state index contributed by atoms with van der Waals surface area (Å²) in [6, 6.07) is 7.64. The molecule has 2 rings (SSSR count). The normalized spacial score (nSPS) is 18.0. The van der Waals surface area contributed by atoms with E-state index in [1.165, 1.54) is 18.5 Å². The topological polar surface area (TPSA) is 61.6 Å². The summed E-state index contributed by atoms with van der Waals surface area (Å²) in [5.41, 5.74) is 3.97. The Labute approximate surface area is 114 Å². The molecule has 5 heteroatoms. The van der Waals surface area contributed by atoms with Gasteiger partial charge in [0.1, 0.15) is 0 Å². The molecule has 1 aliphatic rings. The van der Waals surface area contributed by atoms with E-state index in [-0.39, 0.29) is 5.91 Å². The predicted octanol–water partition coefficient (Wildman–Crippen LogP) is 0.428. The van der Waals surface area contributed by atoms with Crippen molar-refractivity contribution in [1.82, 2.24) is 15.2 Å². The number of carbonyl (C=O) groups is 1. The van der Waals surface area contributed by atoms with E-state index in [0.29, 0.717) is 5.56 Å². The van der Waals surface area contributed by atoms with Gasteiger partial charge >= 0.3 is 0 Å². The van der Waals surface area contributed by atoms with E-state index < -0.39 is 0 Å². The van der Waals surface area contributed by atoms with Crippen LogP contribution in [-0.2, 0) is 6.54 Å². The van der Waals surface area contributed by atoms with E-state index in [1.54, 1.807) is 0 Å². The summed E-state index contributed by atoms with van der Waals surface area (Å²) >= 11 is 0. The molecule has 19 heavy (non-hydrogen) atoms. The van der Waals surface area contributed by atoms with Gasteiger partial charge in [0.25, 0.3) is 5.91 Å². The summed E-state index contributed by atoms with van der Waals surface area (Å²) in [5.74, 6) is 4.86. The molecule has 0 radical (unpaired) electrons. The fourth-order valence-corrected chi connectivity index (χ4v) is 2.36. The smallest absolute Gasteiger partial charge is 0.265 e. The number of benzene rings is 1. The van der Waals surface area contributed by atoms with Crippen LogP contribution in [0.25, 0.3) is 0 Å². The molecule has 1 amide bonds. The first-order valence-corrected chi connectivity index (χ1v) is 6.70. The third-order valence-electron chi connectivity index (χ3n) is 3.57. The Kier molecular flexibility index (Phi) is 4.90. The summed E-state index contributed by atoms with van der Waals surface area (Å²) < 4.78 is 0. The first-order chi connectivity index (χ1) is 9.19. The second-order valence-corrected chi connectivity index (χ2v) is 5.10. The van der Waals surface area contributed by atoms with Crippen molar-refractivity contribution in [3.63, 3.8) is 0 Å². The van der Waals surface area contributed by atoms with Gasteiger partial charge in [0.05, 0.1) is 0 Å². The third kappa shape index (κ3) is 4.02. The first kappa shape index (κ1) is 14.0. The molecule has 0 unspecified atom stereocenters. The summed E-state index contributed by atoms with van der Waals surface area (Å²) in [5, 5.41) is 0. The molecule has 1 fully saturated rings. The molecule has 1 aliphatic heterocycles. The molecule has 3 N–H and O–H groups in total. The van der Waals surface area contributed by atoms with Gasteiger partial charge in [-0.05, 0) is 44.3 Å². The van der Waals surface area contributed by atoms with Crippen molar-refractivity contribution in [2.24, 2.45) is 5.84 Å². The number of nitrogens with one attached hydrogen (secondary N) is 1. The molecule has 1 aromatic carbocycles. The highest BCUT2D eigenvalue weighted by atomic mass is 16.2. The van der Waals surface area contributed by atoms with Crippen LogP contribution in [0.2, 0.25) is 0 Å². The van der Waals surface area contributed by atoms with E-state index in [9.17, 15) is 4.79 Å². The van der Waals surface area contributed by atoms with Crippen molar-refractivity contribution in [2.75, 3.05) is 33.2 Å². The Balaban J connectivity index is 1.93. The number of hydrazine groups is 1. The molecule has 0 saturated carbocycles. The monoisotopic (exact) mass is 262 g/mol. The second-order valence-electron chi connectivity index (χ2n) is 5.10. The number of nitrogens with zero attached hydrogens (tertiary/aromatic N) is 2. The molecule has 1 heterocycles. The number of hydrogen-bond acceptors (Lipinski definition) is 4. The van der Waals surface area contributed by atoms with Crippen molar-refractivity contribution in [1.29, 1.82) is 0 Å². The van der Waals surface area contributed by atoms with Gasteiger partial charge < -0.3 is 4.90 Å². The van der Waals surface area contributed by atoms with Gasteiger partial charge in [-0.15, -0.1) is 0 Å². The maximum Gasteiger partial charge on any atom is 0.265 e. The zero-order valence-corrected chi connectivity index (χ0v) is 11.4. The second kappa shape index (κ2) is 6.65. The predicted molar refractivity (Wildman–Crippen MR) is 75.5 cm³/mol. The van der Waals surface area contributed by atoms with Crippen molar-refractivity contribution in [3.8, 4) is 0 Å². The Morgan fingerprint density at radius 3 is 2.63 bits per heavy atom. The first-order valence-electron chi connectivity index (χ1n) is 6.70. The maximum atomic E-state index is 11.3. The minimum Gasteiger partial charge on any atom is -0.305 e. The van der Waals surface area contributed by atoms with Crippen LogP contribution in [0.1, 0.15) is 22.3 Å². The summed E-state index contributed by atoms with van der Waals surface area (Å²) in [6.07, 6.45) is 1.21. The van der Waals surface area contributed by atoms with E-state index in [0.717, 1.165) is 26.2 Å². The van der Waals surface area contributed by atoms with Crippen LogP contribution < -0.4 is 11.3 Å². The minimum absolute atomic E-state index is 0.247. The van der Waals surface area contributed by atoms with Crippen LogP contribution in [0.5, 0.6) is 0 Å². The zero-order chi connectivity index (χ0) is 13.7. The standard InChI is InChI=1S/C14H22N4O/c1-17-7-2-8-18(10-9-17)11-12-3-5-13(6-4-12)14(19)16-15/h3-6H,2,7-11,15H2,1H3,(H,16,19). The largest absolute Gasteiger partial charge is 0.305 e. The highest BCUT2D eigenvalue weighted by Crippen LogP contribution is 2.10. The fourth-order valence-electron chi connectivity index (χ4n) is 2.36. The Hall–Kier alpha value is -1.43. The van der Waals surface area contributed by atoms with E-state index >= 15 is 0 Å². The molecule has 0 spiro atoms. The molecule has 0 bridgehead atoms.